The standard InChI is InChI=1S/C20H19FN2O3/c1-3-26-20(25)16-10(2)22-18-12(16)5-4-6-13(18)17-14-9-11(21)7-8-15(14)23-19(17)24/h7-9,22H,3-6H2,1-2H3,(H,23,24)/b17-13-. The number of H-pyrrole nitrogens is 1. The van der Waals surface area contributed by atoms with E-state index in [1.165, 1.54) is 12.1 Å². The minimum absolute atomic E-state index is 0.238. The lowest BCUT2D eigenvalue weighted by Gasteiger charge is -2.18. The van der Waals surface area contributed by atoms with Crippen LogP contribution in [-0.4, -0.2) is 23.5 Å². The van der Waals surface area contributed by atoms with Crippen LogP contribution in [0.4, 0.5) is 10.1 Å². The molecule has 2 heterocycles. The smallest absolute Gasteiger partial charge is 0.340 e. The van der Waals surface area contributed by atoms with Crippen molar-refractivity contribution < 1.29 is 18.7 Å². The third-order valence-corrected chi connectivity index (χ3v) is 4.95. The molecule has 6 heteroatoms. The number of rotatable bonds is 2. The van der Waals surface area contributed by atoms with Crippen LogP contribution in [0.5, 0.6) is 0 Å². The number of ether oxygens (including phenoxy) is 1. The van der Waals surface area contributed by atoms with Crippen LogP contribution in [0.2, 0.25) is 0 Å². The van der Waals surface area contributed by atoms with Crippen LogP contribution >= 0.6 is 0 Å². The summed E-state index contributed by atoms with van der Waals surface area (Å²) in [6, 6.07) is 4.28. The number of hydrogen-bond acceptors (Lipinski definition) is 3. The van der Waals surface area contributed by atoms with Crippen molar-refractivity contribution in [1.29, 1.82) is 0 Å². The monoisotopic (exact) mass is 354 g/mol. The van der Waals surface area contributed by atoms with Crippen molar-refractivity contribution in [1.82, 2.24) is 4.98 Å². The second kappa shape index (κ2) is 6.12. The summed E-state index contributed by atoms with van der Waals surface area (Å²) in [5, 5.41) is 2.80. The van der Waals surface area contributed by atoms with Crippen molar-refractivity contribution in [2.45, 2.75) is 33.1 Å². The van der Waals surface area contributed by atoms with Gasteiger partial charge in [-0.05, 0) is 62.4 Å². The van der Waals surface area contributed by atoms with E-state index in [9.17, 15) is 14.0 Å². The van der Waals surface area contributed by atoms with Crippen LogP contribution in [0.1, 0.15) is 52.6 Å². The van der Waals surface area contributed by atoms with Gasteiger partial charge in [0.25, 0.3) is 5.91 Å². The Kier molecular flexibility index (Phi) is 3.90. The molecule has 2 aromatic rings. The summed E-state index contributed by atoms with van der Waals surface area (Å²) in [7, 11) is 0. The van der Waals surface area contributed by atoms with Crippen molar-refractivity contribution in [2.24, 2.45) is 0 Å². The Balaban J connectivity index is 1.92. The number of nitrogens with one attached hydrogen (secondary N) is 2. The van der Waals surface area contributed by atoms with Crippen LogP contribution in [0.15, 0.2) is 18.2 Å². The topological polar surface area (TPSA) is 71.2 Å². The number of carbonyl (C=O) groups is 2. The Morgan fingerprint density at radius 2 is 2.12 bits per heavy atom. The predicted octanol–water partition coefficient (Wildman–Crippen LogP) is 3.84. The highest BCUT2D eigenvalue weighted by molar-refractivity contribution is 6.36. The highest BCUT2D eigenvalue weighted by Crippen LogP contribution is 2.43. The SMILES string of the molecule is CCOC(=O)c1c(C)[nH]c2c1CCC/C2=C1/C(=O)Nc2ccc(F)cc21. The molecule has 5 nitrogen and oxygen atoms in total. The fourth-order valence-corrected chi connectivity index (χ4v) is 3.92. The molecule has 1 amide bonds. The molecule has 1 aromatic carbocycles. The first-order valence-corrected chi connectivity index (χ1v) is 8.74. The van der Waals surface area contributed by atoms with Gasteiger partial charge in [-0.15, -0.1) is 0 Å². The molecule has 0 fully saturated rings. The molecule has 0 atom stereocenters. The number of aromatic amines is 1. The average molecular weight is 354 g/mol. The van der Waals surface area contributed by atoms with Gasteiger partial charge in [-0.2, -0.15) is 0 Å². The van der Waals surface area contributed by atoms with Gasteiger partial charge in [-0.3, -0.25) is 4.79 Å². The van der Waals surface area contributed by atoms with E-state index >= 15 is 0 Å². The Bertz CT molecular complexity index is 972. The molecule has 1 aliphatic carbocycles. The molecule has 0 radical (unpaired) electrons. The number of allylic oxidation sites excluding steroid dienone is 1. The first kappa shape index (κ1) is 16.6. The zero-order chi connectivity index (χ0) is 18.4. The van der Waals surface area contributed by atoms with Crippen molar-refractivity contribution in [3.8, 4) is 0 Å². The van der Waals surface area contributed by atoms with Gasteiger partial charge in [-0.25, -0.2) is 9.18 Å². The Morgan fingerprint density at radius 1 is 1.31 bits per heavy atom. The van der Waals surface area contributed by atoms with Crippen LogP contribution in [0.3, 0.4) is 0 Å². The van der Waals surface area contributed by atoms with Crippen molar-refractivity contribution >= 4 is 28.7 Å². The zero-order valence-corrected chi connectivity index (χ0v) is 14.7. The number of aryl methyl sites for hydroxylation is 1. The van der Waals surface area contributed by atoms with E-state index in [-0.39, 0.29) is 17.7 Å². The molecule has 1 aromatic heterocycles. The summed E-state index contributed by atoms with van der Waals surface area (Å²) >= 11 is 0. The van der Waals surface area contributed by atoms with Gasteiger partial charge >= 0.3 is 5.97 Å². The van der Waals surface area contributed by atoms with Crippen molar-refractivity contribution in [3.05, 3.63) is 52.1 Å². The maximum absolute atomic E-state index is 13.8. The Labute approximate surface area is 150 Å². The molecule has 0 saturated heterocycles. The van der Waals surface area contributed by atoms with Gasteiger partial charge in [-0.1, -0.05) is 0 Å². The lowest BCUT2D eigenvalue weighted by atomic mass is 9.86. The van der Waals surface area contributed by atoms with Gasteiger partial charge in [0.15, 0.2) is 0 Å². The molecule has 0 saturated carbocycles. The molecular weight excluding hydrogens is 335 g/mol. The maximum Gasteiger partial charge on any atom is 0.340 e. The molecule has 1 aliphatic heterocycles. The van der Waals surface area contributed by atoms with Crippen LogP contribution < -0.4 is 5.32 Å². The van der Waals surface area contributed by atoms with Crippen molar-refractivity contribution in [3.63, 3.8) is 0 Å². The molecule has 0 spiro atoms. The lowest BCUT2D eigenvalue weighted by Crippen LogP contribution is -2.12. The highest BCUT2D eigenvalue weighted by atomic mass is 19.1. The number of anilines is 1. The first-order valence-electron chi connectivity index (χ1n) is 8.74. The van der Waals surface area contributed by atoms with E-state index in [2.05, 4.69) is 10.3 Å². The fraction of sp³-hybridized carbons (Fsp3) is 0.300. The van der Waals surface area contributed by atoms with E-state index in [0.29, 0.717) is 35.4 Å². The Hall–Kier alpha value is -2.89. The third-order valence-electron chi connectivity index (χ3n) is 4.95. The van der Waals surface area contributed by atoms with Gasteiger partial charge < -0.3 is 15.0 Å². The number of esters is 1. The number of hydrogen-bond donors (Lipinski definition) is 2. The van der Waals surface area contributed by atoms with Gasteiger partial charge in [0.05, 0.1) is 17.7 Å². The molecule has 134 valence electrons. The van der Waals surface area contributed by atoms with Crippen LogP contribution in [0.25, 0.3) is 11.1 Å². The van der Waals surface area contributed by atoms with Gasteiger partial charge in [0.1, 0.15) is 5.82 Å². The van der Waals surface area contributed by atoms with Gasteiger partial charge in [0.2, 0.25) is 0 Å². The van der Waals surface area contributed by atoms with E-state index in [1.807, 2.05) is 6.92 Å². The molecule has 4 rings (SSSR count). The minimum Gasteiger partial charge on any atom is -0.462 e. The summed E-state index contributed by atoms with van der Waals surface area (Å²) in [4.78, 5) is 28.2. The molecule has 0 bridgehead atoms. The summed E-state index contributed by atoms with van der Waals surface area (Å²) in [6.07, 6.45) is 2.24. The van der Waals surface area contributed by atoms with E-state index in [4.69, 9.17) is 4.74 Å². The minimum atomic E-state index is -0.385. The number of fused-ring (bicyclic) bond motifs is 2. The van der Waals surface area contributed by atoms with Crippen molar-refractivity contribution in [2.75, 3.05) is 11.9 Å². The van der Waals surface area contributed by atoms with Gasteiger partial charge in [0, 0.05) is 22.6 Å². The molecule has 0 unspecified atom stereocenters. The highest BCUT2D eigenvalue weighted by Gasteiger charge is 2.33. The maximum atomic E-state index is 13.8. The predicted molar refractivity (Wildman–Crippen MR) is 96.3 cm³/mol. The largest absolute Gasteiger partial charge is 0.462 e. The molecule has 2 aliphatic rings. The van der Waals surface area contributed by atoms with Crippen LogP contribution in [0, 0.1) is 12.7 Å². The lowest BCUT2D eigenvalue weighted by molar-refractivity contribution is -0.110. The molecule has 2 N–H and O–H groups in total. The fourth-order valence-electron chi connectivity index (χ4n) is 3.92. The molecular formula is C20H19FN2O3. The second-order valence-electron chi connectivity index (χ2n) is 6.55. The number of benzene rings is 1. The normalized spacial score (nSPS) is 18.3. The Morgan fingerprint density at radius 3 is 2.88 bits per heavy atom. The number of aromatic nitrogens is 1. The number of carbonyl (C=O) groups excluding carboxylic acids is 2. The zero-order valence-electron chi connectivity index (χ0n) is 14.7. The summed E-state index contributed by atoms with van der Waals surface area (Å²) in [5.41, 5.74) is 5.45. The van der Waals surface area contributed by atoms with E-state index in [1.54, 1.807) is 13.0 Å². The first-order chi connectivity index (χ1) is 12.5. The summed E-state index contributed by atoms with van der Waals surface area (Å²) in [6.45, 7) is 3.91. The second-order valence-corrected chi connectivity index (χ2v) is 6.55. The third kappa shape index (κ3) is 2.44. The van der Waals surface area contributed by atoms with E-state index < -0.39 is 0 Å². The summed E-state index contributed by atoms with van der Waals surface area (Å²) in [5.74, 6) is -0.973. The average Bonchev–Trinajstić information content (AvgIpc) is 3.10. The van der Waals surface area contributed by atoms with Crippen LogP contribution in [-0.2, 0) is 16.0 Å². The van der Waals surface area contributed by atoms with E-state index in [0.717, 1.165) is 35.4 Å². The quantitative estimate of drug-likeness (QED) is 0.636. The number of amides is 1. The molecule has 26 heavy (non-hydrogen) atoms. The number of halogens is 1. The summed E-state index contributed by atoms with van der Waals surface area (Å²) < 4.78 is 18.9.